The van der Waals surface area contributed by atoms with Gasteiger partial charge in [0, 0.05) is 12.3 Å². The quantitative estimate of drug-likeness (QED) is 0.0863. The van der Waals surface area contributed by atoms with Crippen LogP contribution in [0.15, 0.2) is 143 Å². The number of hydrogen-bond donors (Lipinski definition) is 2. The minimum Gasteiger partial charge on any atom is -0.459 e. The number of carbonyl (C=O) groups is 5. The van der Waals surface area contributed by atoms with Crippen LogP contribution in [-0.2, 0) is 57.1 Å². The Morgan fingerprint density at radius 3 is 1.51 bits per heavy atom. The minimum atomic E-state index is -5.19. The molecule has 1 amide bonds. The molecule has 0 radical (unpaired) electrons. The van der Waals surface area contributed by atoms with Gasteiger partial charge >= 0.3 is 46.0 Å². The molecule has 2 aliphatic rings. The number of amides is 1. The zero-order valence-electron chi connectivity index (χ0n) is 39.6. The summed E-state index contributed by atoms with van der Waals surface area (Å²) in [5, 5.41) is 0. The molecule has 0 saturated carbocycles. The molecule has 386 valence electrons. The number of nitrogens with one attached hydrogen (secondary N) is 2. The van der Waals surface area contributed by atoms with Crippen molar-refractivity contribution in [2.75, 3.05) is 13.2 Å². The van der Waals surface area contributed by atoms with Gasteiger partial charge in [0.1, 0.15) is 31.0 Å². The molecule has 2 saturated heterocycles. The Morgan fingerprint density at radius 1 is 0.562 bits per heavy atom. The number of nitrogens with zero attached hydrogens (tertiary/aromatic N) is 1. The second-order valence-corrected chi connectivity index (χ2v) is 18.2. The Hall–Kier alpha value is -7.54. The third kappa shape index (κ3) is 14.1. The van der Waals surface area contributed by atoms with Gasteiger partial charge in [0.05, 0.1) is 41.1 Å². The highest BCUT2D eigenvalue weighted by Crippen LogP contribution is 2.35. The lowest BCUT2D eigenvalue weighted by atomic mass is 9.97. The van der Waals surface area contributed by atoms with E-state index in [0.717, 1.165) is 10.6 Å². The molecule has 23 heteroatoms. The van der Waals surface area contributed by atoms with Gasteiger partial charge in [-0.3, -0.25) is 18.5 Å². The first kappa shape index (κ1) is 53.3. The van der Waals surface area contributed by atoms with E-state index in [1.165, 1.54) is 79.0 Å². The van der Waals surface area contributed by atoms with Crippen LogP contribution in [0.3, 0.4) is 0 Å². The van der Waals surface area contributed by atoms with Gasteiger partial charge < -0.3 is 42.6 Å². The van der Waals surface area contributed by atoms with Crippen molar-refractivity contribution in [3.63, 3.8) is 0 Å². The monoisotopic (exact) mass is 1030 g/mol. The molecule has 2 N–H and O–H groups in total. The van der Waals surface area contributed by atoms with Crippen molar-refractivity contribution in [3.8, 4) is 0 Å². The van der Waals surface area contributed by atoms with E-state index in [1.807, 2.05) is 0 Å². The van der Waals surface area contributed by atoms with Crippen LogP contribution in [0.5, 0.6) is 0 Å². The third-order valence-corrected chi connectivity index (χ3v) is 11.7. The Bertz CT molecular complexity index is 2920. The van der Waals surface area contributed by atoms with Gasteiger partial charge in [-0.15, -0.1) is 0 Å². The average molecular weight is 1030 g/mol. The Kier molecular flexibility index (Phi) is 17.7. The van der Waals surface area contributed by atoms with Crippen molar-refractivity contribution >= 4 is 40.3 Å². The van der Waals surface area contributed by atoms with Crippen molar-refractivity contribution in [1.29, 1.82) is 0 Å². The predicted molar refractivity (Wildman–Crippen MR) is 252 cm³/mol. The maximum atomic E-state index is 14.0. The molecule has 0 spiro atoms. The van der Waals surface area contributed by atoms with E-state index in [-0.39, 0.29) is 22.3 Å². The molecular weight excluding hydrogens is 979 g/mol. The standard InChI is InChI=1S/C50H51N3O19S/c1-29(2)65-39-36(67-43(41(39)66-30(3)4)53-26-25-37(54)51-49(53)59)28-64-73(61,62)52-50(60)72-48-42(71-47(58)34-23-15-8-16-24-34)40(70-46(57)33-21-13-7-14-22-33)38(69-45(56)32-19-11-6-12-20-32)35(68-48)27-63-44(55)31-17-9-5-10-18-31/h5-26,29-30,35-36,38-43,48H,27-28H2,1-4H3,(H,52,60)(H,51,54,59)/t35-,36-,38-,39-,40+,41-,42+,43-,48-/m1/s1. The molecule has 22 nitrogen and oxygen atoms in total. The number of esters is 4. The topological polar surface area (TPSA) is 279 Å². The van der Waals surface area contributed by atoms with Crippen molar-refractivity contribution in [2.45, 2.75) is 95.1 Å². The normalized spacial score (nSPS) is 22.7. The Morgan fingerprint density at radius 2 is 1.01 bits per heavy atom. The number of H-pyrrole nitrogens is 1. The minimum absolute atomic E-state index is 0.0188. The number of carbonyl (C=O) groups excluding carboxylic acids is 5. The Labute approximate surface area is 417 Å². The predicted octanol–water partition coefficient (Wildman–Crippen LogP) is 4.27. The van der Waals surface area contributed by atoms with Crippen LogP contribution in [-0.4, -0.2) is 122 Å². The highest BCUT2D eigenvalue weighted by atomic mass is 32.2. The number of hydrogen-bond acceptors (Lipinski definition) is 19. The van der Waals surface area contributed by atoms with E-state index in [9.17, 15) is 42.0 Å². The van der Waals surface area contributed by atoms with Crippen LogP contribution in [0, 0.1) is 0 Å². The second-order valence-electron chi connectivity index (χ2n) is 16.8. The fourth-order valence-corrected chi connectivity index (χ4v) is 8.30. The highest BCUT2D eigenvalue weighted by molar-refractivity contribution is 7.85. The molecule has 73 heavy (non-hydrogen) atoms. The zero-order chi connectivity index (χ0) is 52.2. The summed E-state index contributed by atoms with van der Waals surface area (Å²) in [7, 11) is -5.19. The number of aromatic nitrogens is 2. The van der Waals surface area contributed by atoms with E-state index in [1.54, 1.807) is 80.9 Å². The van der Waals surface area contributed by atoms with E-state index in [2.05, 4.69) is 4.98 Å². The number of aromatic amines is 1. The summed E-state index contributed by atoms with van der Waals surface area (Å²) in [5.41, 5.74) is -1.49. The van der Waals surface area contributed by atoms with Crippen molar-refractivity contribution < 1.29 is 79.2 Å². The number of ether oxygens (including phenoxy) is 9. The molecule has 2 fully saturated rings. The summed E-state index contributed by atoms with van der Waals surface area (Å²) in [6.07, 6.45) is -16.0. The molecule has 4 aromatic carbocycles. The number of rotatable bonds is 19. The molecule has 9 atom stereocenters. The molecule has 7 rings (SSSR count). The van der Waals surface area contributed by atoms with Gasteiger partial charge in [-0.2, -0.15) is 13.1 Å². The summed E-state index contributed by atoms with van der Waals surface area (Å²) < 4.78 is 88.4. The first-order valence-electron chi connectivity index (χ1n) is 22.8. The molecule has 0 bridgehead atoms. The van der Waals surface area contributed by atoms with Crippen LogP contribution < -0.4 is 16.0 Å². The first-order valence-corrected chi connectivity index (χ1v) is 24.2. The van der Waals surface area contributed by atoms with E-state index >= 15 is 0 Å². The zero-order valence-corrected chi connectivity index (χ0v) is 40.4. The van der Waals surface area contributed by atoms with Crippen molar-refractivity contribution in [3.05, 3.63) is 177 Å². The molecule has 3 heterocycles. The van der Waals surface area contributed by atoms with Gasteiger partial charge in [0.15, 0.2) is 18.4 Å². The van der Waals surface area contributed by atoms with E-state index in [0.29, 0.717) is 0 Å². The van der Waals surface area contributed by atoms with Crippen LogP contribution in [0.4, 0.5) is 4.79 Å². The summed E-state index contributed by atoms with van der Waals surface area (Å²) in [5.74, 6) is -4.00. The van der Waals surface area contributed by atoms with Gasteiger partial charge in [0.2, 0.25) is 12.4 Å². The maximum Gasteiger partial charge on any atom is 0.425 e. The van der Waals surface area contributed by atoms with Crippen molar-refractivity contribution in [2.24, 2.45) is 0 Å². The van der Waals surface area contributed by atoms with Gasteiger partial charge in [-0.25, -0.2) is 28.8 Å². The van der Waals surface area contributed by atoms with Gasteiger partial charge in [0.25, 0.3) is 5.56 Å². The fourth-order valence-electron chi connectivity index (χ4n) is 7.67. The largest absolute Gasteiger partial charge is 0.459 e. The van der Waals surface area contributed by atoms with E-state index in [4.69, 9.17) is 46.8 Å². The summed E-state index contributed by atoms with van der Waals surface area (Å²) >= 11 is 0. The van der Waals surface area contributed by atoms with E-state index < -0.39 is 132 Å². The highest BCUT2D eigenvalue weighted by Gasteiger charge is 2.55. The molecule has 5 aromatic rings. The van der Waals surface area contributed by atoms with Crippen LogP contribution in [0.25, 0.3) is 0 Å². The summed E-state index contributed by atoms with van der Waals surface area (Å²) in [6, 6.07) is 31.3. The lowest BCUT2D eigenvalue weighted by molar-refractivity contribution is -0.282. The van der Waals surface area contributed by atoms with Crippen LogP contribution in [0.1, 0.15) is 75.4 Å². The smallest absolute Gasteiger partial charge is 0.425 e. The fraction of sp³-hybridized carbons (Fsp3) is 0.340. The molecule has 0 unspecified atom stereocenters. The van der Waals surface area contributed by atoms with Crippen LogP contribution in [0.2, 0.25) is 0 Å². The summed E-state index contributed by atoms with van der Waals surface area (Å²) in [6.45, 7) is 5.17. The Balaban J connectivity index is 1.20. The first-order chi connectivity index (χ1) is 35.0. The summed E-state index contributed by atoms with van der Waals surface area (Å²) in [4.78, 5) is 95.7. The van der Waals surface area contributed by atoms with Gasteiger partial charge in [-0.05, 0) is 76.2 Å². The molecule has 2 aliphatic heterocycles. The molecule has 0 aliphatic carbocycles. The lowest BCUT2D eigenvalue weighted by Gasteiger charge is -2.43. The lowest BCUT2D eigenvalue weighted by Crippen LogP contribution is -2.63. The molecule has 1 aromatic heterocycles. The maximum absolute atomic E-state index is 14.0. The molecular formula is C50H51N3O19S. The van der Waals surface area contributed by atoms with Gasteiger partial charge in [-0.1, -0.05) is 72.8 Å². The van der Waals surface area contributed by atoms with Crippen molar-refractivity contribution in [1.82, 2.24) is 14.3 Å². The average Bonchev–Trinajstić information content (AvgIpc) is 3.69. The third-order valence-electron chi connectivity index (χ3n) is 10.8. The SMILES string of the molecule is CC(C)O[C@@H]1[C@H](OC(C)C)[C@@H](COS(=O)(=O)NC(=O)O[C@H]2O[C@H](COC(=O)c3ccccc3)[C@@H](OC(=O)c3ccccc3)[C@H](OC(=O)c3ccccc3)[C@@H]2OC(=O)c2ccccc2)O[C@H]1n1ccc(=O)[nH]c1=O. The van der Waals surface area contributed by atoms with Crippen LogP contribution >= 0.6 is 0 Å². The second kappa shape index (κ2) is 24.3. The number of benzene rings is 4.